The number of hydrogen-bond donors (Lipinski definition) is 2. The van der Waals surface area contributed by atoms with Gasteiger partial charge in [-0.25, -0.2) is 0 Å². The smallest absolute Gasteiger partial charge is 0.307 e. The molecular weight excluding hydrogens is 296 g/mol. The highest BCUT2D eigenvalue weighted by Crippen LogP contribution is 2.39. The summed E-state index contributed by atoms with van der Waals surface area (Å²) in [6, 6.07) is 9.18. The van der Waals surface area contributed by atoms with Gasteiger partial charge in [-0.15, -0.1) is 0 Å². The van der Waals surface area contributed by atoms with E-state index in [1.807, 2.05) is 30.3 Å². The molecule has 1 aliphatic heterocycles. The molecule has 2 aliphatic rings. The van der Waals surface area contributed by atoms with Crippen molar-refractivity contribution in [1.29, 1.82) is 0 Å². The predicted molar refractivity (Wildman–Crippen MR) is 82.4 cm³/mol. The van der Waals surface area contributed by atoms with Crippen LogP contribution >= 0.6 is 0 Å². The number of rotatable bonds is 6. The Morgan fingerprint density at radius 2 is 2.00 bits per heavy atom. The van der Waals surface area contributed by atoms with Gasteiger partial charge in [-0.2, -0.15) is 0 Å². The highest BCUT2D eigenvalue weighted by Gasteiger charge is 2.48. The summed E-state index contributed by atoms with van der Waals surface area (Å²) in [4.78, 5) is 36.8. The molecule has 1 saturated heterocycles. The molecule has 1 saturated carbocycles. The van der Waals surface area contributed by atoms with Crippen molar-refractivity contribution in [3.05, 3.63) is 35.9 Å². The molecule has 1 aliphatic carbocycles. The summed E-state index contributed by atoms with van der Waals surface area (Å²) in [5.74, 6) is -2.07. The summed E-state index contributed by atoms with van der Waals surface area (Å²) in [5, 5.41) is 11.9. The molecule has 6 nitrogen and oxygen atoms in total. The molecular formula is C17H20N2O4. The van der Waals surface area contributed by atoms with Gasteiger partial charge in [0.25, 0.3) is 0 Å². The maximum Gasteiger partial charge on any atom is 0.307 e. The third kappa shape index (κ3) is 3.52. The minimum atomic E-state index is -0.920. The van der Waals surface area contributed by atoms with Crippen molar-refractivity contribution in [1.82, 2.24) is 10.2 Å². The fourth-order valence-electron chi connectivity index (χ4n) is 3.07. The first-order valence-electron chi connectivity index (χ1n) is 7.92. The van der Waals surface area contributed by atoms with Gasteiger partial charge in [0.1, 0.15) is 0 Å². The number of nitrogens with zero attached hydrogens (tertiary/aromatic N) is 1. The van der Waals surface area contributed by atoms with Gasteiger partial charge < -0.3 is 15.3 Å². The Labute approximate surface area is 134 Å². The van der Waals surface area contributed by atoms with Crippen LogP contribution in [0.5, 0.6) is 0 Å². The second-order valence-corrected chi connectivity index (χ2v) is 6.20. The normalized spacial score (nSPS) is 24.3. The van der Waals surface area contributed by atoms with E-state index in [0.29, 0.717) is 25.9 Å². The SMILES string of the molecule is O=C(O)C1CC1C(=O)NC(CN1CCCC1=O)c1ccccc1. The number of carboxylic acid groups (broad SMARTS) is 1. The Morgan fingerprint density at radius 1 is 1.26 bits per heavy atom. The number of benzene rings is 1. The van der Waals surface area contributed by atoms with Crippen LogP contribution in [-0.4, -0.2) is 40.9 Å². The number of nitrogens with one attached hydrogen (secondary N) is 1. The molecule has 1 heterocycles. The average Bonchev–Trinajstić information content (AvgIpc) is 3.26. The minimum absolute atomic E-state index is 0.106. The van der Waals surface area contributed by atoms with Gasteiger partial charge in [-0.1, -0.05) is 30.3 Å². The van der Waals surface area contributed by atoms with Crippen LogP contribution in [0.4, 0.5) is 0 Å². The fraction of sp³-hybridized carbons (Fsp3) is 0.471. The molecule has 3 rings (SSSR count). The molecule has 23 heavy (non-hydrogen) atoms. The monoisotopic (exact) mass is 316 g/mol. The molecule has 6 heteroatoms. The largest absolute Gasteiger partial charge is 0.481 e. The molecule has 1 aromatic rings. The first-order valence-corrected chi connectivity index (χ1v) is 7.92. The molecule has 2 N–H and O–H groups in total. The zero-order chi connectivity index (χ0) is 16.4. The summed E-state index contributed by atoms with van der Waals surface area (Å²) >= 11 is 0. The lowest BCUT2D eigenvalue weighted by molar-refractivity contribution is -0.140. The van der Waals surface area contributed by atoms with Crippen LogP contribution in [0.1, 0.15) is 30.9 Å². The van der Waals surface area contributed by atoms with E-state index in [4.69, 9.17) is 5.11 Å². The van der Waals surface area contributed by atoms with Gasteiger partial charge in [0, 0.05) is 19.5 Å². The highest BCUT2D eigenvalue weighted by molar-refractivity contribution is 5.89. The van der Waals surface area contributed by atoms with Gasteiger partial charge in [0.15, 0.2) is 0 Å². The molecule has 0 bridgehead atoms. The topological polar surface area (TPSA) is 86.7 Å². The Morgan fingerprint density at radius 3 is 2.57 bits per heavy atom. The predicted octanol–water partition coefficient (Wildman–Crippen LogP) is 1.19. The van der Waals surface area contributed by atoms with E-state index >= 15 is 0 Å². The van der Waals surface area contributed by atoms with Gasteiger partial charge >= 0.3 is 5.97 Å². The molecule has 1 aromatic carbocycles. The second kappa shape index (κ2) is 6.40. The van der Waals surface area contributed by atoms with Crippen LogP contribution in [0.15, 0.2) is 30.3 Å². The van der Waals surface area contributed by atoms with E-state index in [0.717, 1.165) is 12.0 Å². The maximum absolute atomic E-state index is 12.3. The first-order chi connectivity index (χ1) is 11.1. The van der Waals surface area contributed by atoms with Crippen molar-refractivity contribution in [2.75, 3.05) is 13.1 Å². The number of carbonyl (C=O) groups is 3. The van der Waals surface area contributed by atoms with Crippen LogP contribution < -0.4 is 5.32 Å². The first kappa shape index (κ1) is 15.5. The van der Waals surface area contributed by atoms with Gasteiger partial charge in [0.05, 0.1) is 17.9 Å². The number of carboxylic acids is 1. The van der Waals surface area contributed by atoms with Crippen molar-refractivity contribution >= 4 is 17.8 Å². The Bertz CT molecular complexity index is 616. The standard InChI is InChI=1S/C17H20N2O4/c20-15-7-4-8-19(15)10-14(11-5-2-1-3-6-11)18-16(21)12-9-13(12)17(22)23/h1-3,5-6,12-14H,4,7-10H2,(H,18,21)(H,22,23). The van der Waals surface area contributed by atoms with E-state index in [1.165, 1.54) is 0 Å². The summed E-state index contributed by atoms with van der Waals surface area (Å²) in [7, 11) is 0. The minimum Gasteiger partial charge on any atom is -0.481 e. The fourth-order valence-corrected chi connectivity index (χ4v) is 3.07. The third-order valence-electron chi connectivity index (χ3n) is 4.54. The van der Waals surface area contributed by atoms with E-state index in [1.54, 1.807) is 4.90 Å². The summed E-state index contributed by atoms with van der Waals surface area (Å²) in [6.07, 6.45) is 1.79. The average molecular weight is 316 g/mol. The maximum atomic E-state index is 12.3. The number of aliphatic carboxylic acids is 1. The number of amides is 2. The summed E-state index contributed by atoms with van der Waals surface area (Å²) < 4.78 is 0. The van der Waals surface area contributed by atoms with Crippen molar-refractivity contribution < 1.29 is 19.5 Å². The van der Waals surface area contributed by atoms with Crippen LogP contribution in [0.2, 0.25) is 0 Å². The van der Waals surface area contributed by atoms with E-state index in [-0.39, 0.29) is 17.9 Å². The van der Waals surface area contributed by atoms with Gasteiger partial charge in [-0.3, -0.25) is 14.4 Å². The van der Waals surface area contributed by atoms with Crippen LogP contribution in [0.3, 0.4) is 0 Å². The number of hydrogen-bond acceptors (Lipinski definition) is 3. The zero-order valence-electron chi connectivity index (χ0n) is 12.8. The molecule has 2 fully saturated rings. The van der Waals surface area contributed by atoms with Gasteiger partial charge in [0.2, 0.25) is 11.8 Å². The number of carbonyl (C=O) groups excluding carboxylic acids is 2. The van der Waals surface area contributed by atoms with Crippen LogP contribution in [0.25, 0.3) is 0 Å². The molecule has 0 spiro atoms. The van der Waals surface area contributed by atoms with Crippen molar-refractivity contribution in [2.24, 2.45) is 11.8 Å². The van der Waals surface area contributed by atoms with E-state index < -0.39 is 17.8 Å². The molecule has 122 valence electrons. The van der Waals surface area contributed by atoms with Crippen molar-refractivity contribution in [3.63, 3.8) is 0 Å². The summed E-state index contributed by atoms with van der Waals surface area (Å²) in [6.45, 7) is 1.14. The van der Waals surface area contributed by atoms with Crippen molar-refractivity contribution in [2.45, 2.75) is 25.3 Å². The van der Waals surface area contributed by atoms with E-state index in [9.17, 15) is 14.4 Å². The lowest BCUT2D eigenvalue weighted by Crippen LogP contribution is -2.39. The molecule has 2 amide bonds. The molecule has 0 radical (unpaired) electrons. The lowest BCUT2D eigenvalue weighted by Gasteiger charge is -2.25. The Kier molecular flexibility index (Phi) is 4.32. The zero-order valence-corrected chi connectivity index (χ0v) is 12.8. The molecule has 0 aromatic heterocycles. The highest BCUT2D eigenvalue weighted by atomic mass is 16.4. The lowest BCUT2D eigenvalue weighted by atomic mass is 10.1. The quantitative estimate of drug-likeness (QED) is 0.825. The third-order valence-corrected chi connectivity index (χ3v) is 4.54. The van der Waals surface area contributed by atoms with Crippen molar-refractivity contribution in [3.8, 4) is 0 Å². The van der Waals surface area contributed by atoms with Crippen LogP contribution in [-0.2, 0) is 14.4 Å². The van der Waals surface area contributed by atoms with Crippen LogP contribution in [0, 0.1) is 11.8 Å². The number of likely N-dealkylation sites (tertiary alicyclic amines) is 1. The molecule has 3 unspecified atom stereocenters. The second-order valence-electron chi connectivity index (χ2n) is 6.20. The molecule has 3 atom stereocenters. The Balaban J connectivity index is 1.69. The van der Waals surface area contributed by atoms with E-state index in [2.05, 4.69) is 5.32 Å². The Hall–Kier alpha value is -2.37. The van der Waals surface area contributed by atoms with Gasteiger partial charge in [-0.05, 0) is 18.4 Å². The summed E-state index contributed by atoms with van der Waals surface area (Å²) in [5.41, 5.74) is 0.924.